The molecule has 0 N–H and O–H groups in total. The lowest BCUT2D eigenvalue weighted by Crippen LogP contribution is -2.22. The molecule has 8 heteroatoms. The van der Waals surface area contributed by atoms with Crippen molar-refractivity contribution < 1.29 is 13.2 Å². The van der Waals surface area contributed by atoms with Crippen molar-refractivity contribution in [3.8, 4) is 0 Å². The van der Waals surface area contributed by atoms with E-state index in [9.17, 15) is 18.0 Å². The van der Waals surface area contributed by atoms with Gasteiger partial charge in [-0.2, -0.15) is 13.2 Å². The topological polar surface area (TPSA) is 22.0 Å². The van der Waals surface area contributed by atoms with Crippen molar-refractivity contribution in [3.05, 3.63) is 67.0 Å². The third-order valence-corrected chi connectivity index (χ3v) is 3.98. The minimum absolute atomic E-state index is 0.105. The van der Waals surface area contributed by atoms with Gasteiger partial charge in [0.25, 0.3) is 5.56 Å². The highest BCUT2D eigenvalue weighted by Crippen LogP contribution is 2.32. The van der Waals surface area contributed by atoms with E-state index in [1.807, 2.05) is 0 Å². The van der Waals surface area contributed by atoms with E-state index in [1.165, 1.54) is 12.1 Å². The van der Waals surface area contributed by atoms with Crippen LogP contribution < -0.4 is 5.56 Å². The standard InChI is InChI=1S/C13H7Cl3F3NO/c14-9-2-3-10(15)12(16)8(9)6-20-5-7(13(17,18)19)1-4-11(20)21/h1-5H,6H2. The van der Waals surface area contributed by atoms with Gasteiger partial charge >= 0.3 is 6.18 Å². The molecule has 0 fully saturated rings. The number of pyridine rings is 1. The predicted octanol–water partition coefficient (Wildman–Crippen LogP) is 4.88. The number of hydrogen-bond acceptors (Lipinski definition) is 1. The summed E-state index contributed by atoms with van der Waals surface area (Å²) in [4.78, 5) is 11.7. The molecule has 2 rings (SSSR count). The van der Waals surface area contributed by atoms with Gasteiger partial charge in [0.05, 0.1) is 22.2 Å². The molecule has 112 valence electrons. The molecular formula is C13H7Cl3F3NO. The molecule has 0 atom stereocenters. The van der Waals surface area contributed by atoms with Crippen LogP contribution in [0.4, 0.5) is 13.2 Å². The van der Waals surface area contributed by atoms with Crippen molar-refractivity contribution >= 4 is 34.8 Å². The molecule has 0 amide bonds. The first-order chi connectivity index (χ1) is 9.70. The molecule has 0 saturated heterocycles. The van der Waals surface area contributed by atoms with Crippen LogP contribution in [0.15, 0.2) is 35.3 Å². The summed E-state index contributed by atoms with van der Waals surface area (Å²) in [7, 11) is 0. The fraction of sp³-hybridized carbons (Fsp3) is 0.154. The van der Waals surface area contributed by atoms with E-state index in [-0.39, 0.29) is 27.2 Å². The minimum Gasteiger partial charge on any atom is -0.310 e. The summed E-state index contributed by atoms with van der Waals surface area (Å²) in [5, 5.41) is 0.526. The van der Waals surface area contributed by atoms with E-state index in [4.69, 9.17) is 34.8 Å². The Balaban J connectivity index is 2.50. The van der Waals surface area contributed by atoms with Crippen molar-refractivity contribution in [2.24, 2.45) is 0 Å². The Morgan fingerprint density at radius 2 is 1.62 bits per heavy atom. The number of aromatic nitrogens is 1. The van der Waals surface area contributed by atoms with E-state index in [0.29, 0.717) is 0 Å². The maximum Gasteiger partial charge on any atom is 0.417 e. The molecule has 21 heavy (non-hydrogen) atoms. The van der Waals surface area contributed by atoms with Crippen LogP contribution in [0.25, 0.3) is 0 Å². The van der Waals surface area contributed by atoms with Crippen LogP contribution in [-0.2, 0) is 12.7 Å². The molecule has 0 aliphatic carbocycles. The number of nitrogens with zero attached hydrogens (tertiary/aromatic N) is 1. The SMILES string of the molecule is O=c1ccc(C(F)(F)F)cn1Cc1c(Cl)ccc(Cl)c1Cl. The van der Waals surface area contributed by atoms with Gasteiger partial charge in [-0.05, 0) is 18.2 Å². The van der Waals surface area contributed by atoms with E-state index in [0.717, 1.165) is 22.9 Å². The second kappa shape index (κ2) is 5.91. The Morgan fingerprint density at radius 3 is 2.24 bits per heavy atom. The molecule has 0 bridgehead atoms. The normalized spacial score (nSPS) is 11.7. The van der Waals surface area contributed by atoms with E-state index < -0.39 is 17.3 Å². The Hall–Kier alpha value is -1.17. The van der Waals surface area contributed by atoms with Gasteiger partial charge in [0.1, 0.15) is 0 Å². The zero-order valence-corrected chi connectivity index (χ0v) is 12.5. The number of rotatable bonds is 2. The van der Waals surface area contributed by atoms with Crippen molar-refractivity contribution in [2.75, 3.05) is 0 Å². The van der Waals surface area contributed by atoms with Crippen LogP contribution >= 0.6 is 34.8 Å². The van der Waals surface area contributed by atoms with Crippen molar-refractivity contribution in [1.29, 1.82) is 0 Å². The molecule has 0 spiro atoms. The number of benzene rings is 1. The lowest BCUT2D eigenvalue weighted by atomic mass is 10.2. The second-order valence-corrected chi connectivity index (χ2v) is 5.40. The average Bonchev–Trinajstić information content (AvgIpc) is 2.40. The van der Waals surface area contributed by atoms with Gasteiger partial charge in [-0.1, -0.05) is 34.8 Å². The Morgan fingerprint density at radius 1 is 1.00 bits per heavy atom. The lowest BCUT2D eigenvalue weighted by molar-refractivity contribution is -0.138. The molecule has 1 aromatic carbocycles. The van der Waals surface area contributed by atoms with Gasteiger partial charge in [0.2, 0.25) is 0 Å². The molecule has 1 heterocycles. The molecule has 1 aromatic heterocycles. The second-order valence-electron chi connectivity index (χ2n) is 4.20. The molecular weight excluding hydrogens is 350 g/mol. The van der Waals surface area contributed by atoms with Gasteiger partial charge in [0.15, 0.2) is 0 Å². The first-order valence-corrected chi connectivity index (χ1v) is 6.73. The number of halogens is 6. The molecule has 0 unspecified atom stereocenters. The number of hydrogen-bond donors (Lipinski definition) is 0. The quantitative estimate of drug-likeness (QED) is 0.703. The molecule has 0 aliphatic rings. The maximum absolute atomic E-state index is 12.7. The number of alkyl halides is 3. The van der Waals surface area contributed by atoms with Crippen LogP contribution in [0, 0.1) is 0 Å². The van der Waals surface area contributed by atoms with Crippen molar-refractivity contribution in [3.63, 3.8) is 0 Å². The lowest BCUT2D eigenvalue weighted by Gasteiger charge is -2.13. The van der Waals surface area contributed by atoms with Crippen LogP contribution in [0.1, 0.15) is 11.1 Å². The summed E-state index contributed by atoms with van der Waals surface area (Å²) in [6.45, 7) is -0.207. The largest absolute Gasteiger partial charge is 0.417 e. The fourth-order valence-electron chi connectivity index (χ4n) is 1.71. The Kier molecular flexibility index (Phi) is 4.56. The molecule has 0 aliphatic heterocycles. The molecule has 2 nitrogen and oxygen atoms in total. The molecule has 0 radical (unpaired) electrons. The van der Waals surface area contributed by atoms with E-state index in [2.05, 4.69) is 0 Å². The molecule has 2 aromatic rings. The smallest absolute Gasteiger partial charge is 0.310 e. The third kappa shape index (κ3) is 3.54. The fourth-order valence-corrected chi connectivity index (χ4v) is 2.37. The summed E-state index contributed by atoms with van der Waals surface area (Å²) in [5.74, 6) is 0. The highest BCUT2D eigenvalue weighted by molar-refractivity contribution is 6.44. The monoisotopic (exact) mass is 355 g/mol. The summed E-state index contributed by atoms with van der Waals surface area (Å²) in [5.41, 5.74) is -1.25. The van der Waals surface area contributed by atoms with Crippen LogP contribution in [0.5, 0.6) is 0 Å². The Labute approximate surface area is 132 Å². The zero-order valence-electron chi connectivity index (χ0n) is 10.2. The summed E-state index contributed by atoms with van der Waals surface area (Å²) < 4.78 is 38.9. The summed E-state index contributed by atoms with van der Waals surface area (Å²) in [6.07, 6.45) is -3.83. The third-order valence-electron chi connectivity index (χ3n) is 2.78. The van der Waals surface area contributed by atoms with Gasteiger partial charge in [-0.15, -0.1) is 0 Å². The summed E-state index contributed by atoms with van der Waals surface area (Å²) >= 11 is 17.8. The van der Waals surface area contributed by atoms with Crippen LogP contribution in [0.3, 0.4) is 0 Å². The van der Waals surface area contributed by atoms with Crippen molar-refractivity contribution in [1.82, 2.24) is 4.57 Å². The van der Waals surface area contributed by atoms with E-state index in [1.54, 1.807) is 0 Å². The highest BCUT2D eigenvalue weighted by Gasteiger charge is 2.31. The van der Waals surface area contributed by atoms with Gasteiger partial charge in [-0.25, -0.2) is 0 Å². The summed E-state index contributed by atoms with van der Waals surface area (Å²) in [6, 6.07) is 4.49. The highest BCUT2D eigenvalue weighted by atomic mass is 35.5. The van der Waals surface area contributed by atoms with E-state index >= 15 is 0 Å². The minimum atomic E-state index is -4.54. The van der Waals surface area contributed by atoms with Crippen LogP contribution in [0.2, 0.25) is 15.1 Å². The predicted molar refractivity (Wildman–Crippen MR) is 76.3 cm³/mol. The van der Waals surface area contributed by atoms with Gasteiger partial charge in [0, 0.05) is 22.8 Å². The van der Waals surface area contributed by atoms with Gasteiger partial charge < -0.3 is 4.57 Å². The molecule has 0 saturated carbocycles. The average molecular weight is 357 g/mol. The Bertz CT molecular complexity index is 740. The maximum atomic E-state index is 12.7. The van der Waals surface area contributed by atoms with Crippen LogP contribution in [-0.4, -0.2) is 4.57 Å². The van der Waals surface area contributed by atoms with Crippen molar-refractivity contribution in [2.45, 2.75) is 12.7 Å². The van der Waals surface area contributed by atoms with Gasteiger partial charge in [-0.3, -0.25) is 4.79 Å². The first kappa shape index (κ1) is 16.2. The zero-order chi connectivity index (χ0) is 15.8. The first-order valence-electron chi connectivity index (χ1n) is 5.60.